The predicted molar refractivity (Wildman–Crippen MR) is 85.8 cm³/mol. The van der Waals surface area contributed by atoms with E-state index in [-0.39, 0.29) is 17.1 Å². The van der Waals surface area contributed by atoms with Crippen LogP contribution >= 0.6 is 0 Å². The number of carboxylic acids is 1. The summed E-state index contributed by atoms with van der Waals surface area (Å²) >= 11 is 0. The maximum atomic E-state index is 11.9. The lowest BCUT2D eigenvalue weighted by Crippen LogP contribution is -2.38. The summed E-state index contributed by atoms with van der Waals surface area (Å²) < 4.78 is 20.8. The average molecular weight is 341 g/mol. The van der Waals surface area contributed by atoms with Gasteiger partial charge in [0.15, 0.2) is 17.5 Å². The van der Waals surface area contributed by atoms with Gasteiger partial charge in [0.2, 0.25) is 5.75 Å². The molecule has 1 aromatic carbocycles. The molecule has 0 bridgehead atoms. The molecule has 0 fully saturated rings. The number of carbonyl (C=O) groups excluding carboxylic acids is 1. The first-order valence-corrected chi connectivity index (χ1v) is 7.15. The summed E-state index contributed by atoms with van der Waals surface area (Å²) in [6, 6.07) is 1.63. The van der Waals surface area contributed by atoms with E-state index in [9.17, 15) is 14.7 Å². The first-order chi connectivity index (χ1) is 11.1. The van der Waals surface area contributed by atoms with E-state index >= 15 is 0 Å². The Bertz CT molecular complexity index is 607. The lowest BCUT2D eigenvalue weighted by Gasteiger charge is -2.23. The minimum absolute atomic E-state index is 0.153. The maximum absolute atomic E-state index is 11.9. The van der Waals surface area contributed by atoms with E-state index < -0.39 is 23.7 Å². The van der Waals surface area contributed by atoms with Gasteiger partial charge in [0.1, 0.15) is 5.60 Å². The highest BCUT2D eigenvalue weighted by molar-refractivity contribution is 5.83. The minimum atomic E-state index is -1.38. The summed E-state index contributed by atoms with van der Waals surface area (Å²) in [6.07, 6.45) is -0.855. The third-order valence-electron chi connectivity index (χ3n) is 2.95. The van der Waals surface area contributed by atoms with Crippen LogP contribution in [0.1, 0.15) is 32.4 Å². The number of benzene rings is 1. The van der Waals surface area contributed by atoms with Crippen LogP contribution in [0.15, 0.2) is 12.1 Å². The molecule has 0 aliphatic heterocycles. The van der Waals surface area contributed by atoms with E-state index in [1.54, 1.807) is 20.8 Å². The van der Waals surface area contributed by atoms with E-state index in [1.807, 2.05) is 0 Å². The summed E-state index contributed by atoms with van der Waals surface area (Å²) in [5.41, 5.74) is -0.553. The number of methoxy groups -OCH3 is 3. The lowest BCUT2D eigenvalue weighted by atomic mass is 10.0. The Morgan fingerprint density at radius 1 is 1.04 bits per heavy atom. The monoisotopic (exact) mass is 341 g/mol. The number of hydrogen-bond acceptors (Lipinski definition) is 6. The Morgan fingerprint density at radius 2 is 1.62 bits per heavy atom. The lowest BCUT2D eigenvalue weighted by molar-refractivity contribution is -0.139. The van der Waals surface area contributed by atoms with Gasteiger partial charge >= 0.3 is 12.1 Å². The number of hydrogen-bond donors (Lipinski definition) is 2. The predicted octanol–water partition coefficient (Wildman–Crippen LogP) is 2.36. The fraction of sp³-hybridized carbons (Fsp3) is 0.500. The highest BCUT2D eigenvalue weighted by Crippen LogP contribution is 2.42. The Morgan fingerprint density at radius 3 is 2.04 bits per heavy atom. The van der Waals surface area contributed by atoms with Crippen molar-refractivity contribution < 1.29 is 33.6 Å². The van der Waals surface area contributed by atoms with Crippen molar-refractivity contribution in [1.82, 2.24) is 5.32 Å². The van der Waals surface area contributed by atoms with Crippen molar-refractivity contribution in [2.24, 2.45) is 0 Å². The van der Waals surface area contributed by atoms with Gasteiger partial charge in [-0.1, -0.05) is 0 Å². The van der Waals surface area contributed by atoms with Crippen LogP contribution in [0.4, 0.5) is 4.79 Å². The molecule has 0 aliphatic rings. The molecule has 1 atom stereocenters. The number of rotatable bonds is 6. The van der Waals surface area contributed by atoms with E-state index in [2.05, 4.69) is 5.32 Å². The van der Waals surface area contributed by atoms with Crippen molar-refractivity contribution in [3.05, 3.63) is 17.7 Å². The van der Waals surface area contributed by atoms with Crippen LogP contribution in [0, 0.1) is 0 Å². The van der Waals surface area contributed by atoms with Gasteiger partial charge in [0.25, 0.3) is 0 Å². The highest BCUT2D eigenvalue weighted by Gasteiger charge is 2.30. The molecule has 24 heavy (non-hydrogen) atoms. The van der Waals surface area contributed by atoms with Crippen LogP contribution in [0.3, 0.4) is 0 Å². The van der Waals surface area contributed by atoms with E-state index in [4.69, 9.17) is 18.9 Å². The molecule has 1 aromatic rings. The molecule has 0 aromatic heterocycles. The zero-order valence-corrected chi connectivity index (χ0v) is 14.6. The summed E-state index contributed by atoms with van der Waals surface area (Å²) in [5, 5.41) is 11.8. The van der Waals surface area contributed by atoms with E-state index in [1.165, 1.54) is 33.5 Å². The molecule has 0 saturated carbocycles. The van der Waals surface area contributed by atoms with Crippen LogP contribution in [0.25, 0.3) is 0 Å². The Labute approximate surface area is 140 Å². The molecule has 0 radical (unpaired) electrons. The SMILES string of the molecule is COc1ccc(C(NC(=O)OC(C)(C)C)C(=O)O)c(OC)c1OC. The number of amides is 1. The molecule has 0 saturated heterocycles. The van der Waals surface area contributed by atoms with Crippen molar-refractivity contribution in [2.45, 2.75) is 32.4 Å². The normalized spacial score (nSPS) is 12.1. The molecule has 134 valence electrons. The zero-order chi connectivity index (χ0) is 18.5. The van der Waals surface area contributed by atoms with E-state index in [0.717, 1.165) is 0 Å². The molecule has 1 rings (SSSR count). The number of carboxylic acid groups (broad SMARTS) is 1. The summed E-state index contributed by atoms with van der Waals surface area (Å²) in [5.74, 6) is -0.513. The quantitative estimate of drug-likeness (QED) is 0.818. The first-order valence-electron chi connectivity index (χ1n) is 7.15. The minimum Gasteiger partial charge on any atom is -0.493 e. The molecular weight excluding hydrogens is 318 g/mol. The van der Waals surface area contributed by atoms with Crippen LogP contribution in [-0.2, 0) is 9.53 Å². The molecule has 1 unspecified atom stereocenters. The summed E-state index contributed by atoms with van der Waals surface area (Å²) in [6.45, 7) is 5.04. The Balaban J connectivity index is 3.26. The molecule has 2 N–H and O–H groups in total. The molecule has 0 aliphatic carbocycles. The van der Waals surface area contributed by atoms with Gasteiger partial charge in [0, 0.05) is 5.56 Å². The third-order valence-corrected chi connectivity index (χ3v) is 2.95. The van der Waals surface area contributed by atoms with Crippen molar-refractivity contribution in [2.75, 3.05) is 21.3 Å². The molecular formula is C16H23NO7. The third kappa shape index (κ3) is 4.68. The van der Waals surface area contributed by atoms with Crippen LogP contribution in [0.5, 0.6) is 17.2 Å². The molecule has 8 heteroatoms. The number of aliphatic carboxylic acids is 1. The molecule has 0 spiro atoms. The van der Waals surface area contributed by atoms with Crippen molar-refractivity contribution in [1.29, 1.82) is 0 Å². The Hall–Kier alpha value is -2.64. The van der Waals surface area contributed by atoms with Gasteiger partial charge in [-0.25, -0.2) is 9.59 Å². The smallest absolute Gasteiger partial charge is 0.408 e. The molecule has 8 nitrogen and oxygen atoms in total. The summed E-state index contributed by atoms with van der Waals surface area (Å²) in [7, 11) is 4.22. The van der Waals surface area contributed by atoms with Gasteiger partial charge in [-0.15, -0.1) is 0 Å². The van der Waals surface area contributed by atoms with Gasteiger partial charge in [-0.05, 0) is 32.9 Å². The Kier molecular flexibility index (Phi) is 6.27. The van der Waals surface area contributed by atoms with Crippen LogP contribution < -0.4 is 19.5 Å². The van der Waals surface area contributed by atoms with Crippen LogP contribution in [0.2, 0.25) is 0 Å². The zero-order valence-electron chi connectivity index (χ0n) is 14.6. The van der Waals surface area contributed by atoms with Gasteiger partial charge < -0.3 is 29.4 Å². The van der Waals surface area contributed by atoms with Gasteiger partial charge in [-0.3, -0.25) is 0 Å². The fourth-order valence-corrected chi connectivity index (χ4v) is 2.05. The van der Waals surface area contributed by atoms with Crippen molar-refractivity contribution in [3.63, 3.8) is 0 Å². The van der Waals surface area contributed by atoms with Crippen LogP contribution in [-0.4, -0.2) is 44.1 Å². The van der Waals surface area contributed by atoms with Gasteiger partial charge in [-0.2, -0.15) is 0 Å². The standard InChI is InChI=1S/C16H23NO7/c1-16(2,3)24-15(20)17-11(14(18)19)9-7-8-10(21-4)13(23-6)12(9)22-5/h7-8,11H,1-6H3,(H,17,20)(H,18,19). The fourth-order valence-electron chi connectivity index (χ4n) is 2.05. The number of nitrogens with one attached hydrogen (secondary N) is 1. The van der Waals surface area contributed by atoms with E-state index in [0.29, 0.717) is 5.75 Å². The summed E-state index contributed by atoms with van der Waals surface area (Å²) in [4.78, 5) is 23.6. The second-order valence-corrected chi connectivity index (χ2v) is 5.84. The number of alkyl carbamates (subject to hydrolysis) is 1. The first kappa shape index (κ1) is 19.4. The second-order valence-electron chi connectivity index (χ2n) is 5.84. The highest BCUT2D eigenvalue weighted by atomic mass is 16.6. The number of carbonyl (C=O) groups is 2. The van der Waals surface area contributed by atoms with Gasteiger partial charge in [0.05, 0.1) is 21.3 Å². The molecule has 1 amide bonds. The average Bonchev–Trinajstić information content (AvgIpc) is 2.48. The van der Waals surface area contributed by atoms with Crippen molar-refractivity contribution >= 4 is 12.1 Å². The maximum Gasteiger partial charge on any atom is 0.408 e. The second kappa shape index (κ2) is 7.76. The topological polar surface area (TPSA) is 103 Å². The van der Waals surface area contributed by atoms with Crippen molar-refractivity contribution in [3.8, 4) is 17.2 Å². The largest absolute Gasteiger partial charge is 0.493 e. The molecule has 0 heterocycles. The number of ether oxygens (including phenoxy) is 4.